The Bertz CT molecular complexity index is 1590. The van der Waals surface area contributed by atoms with Crippen LogP contribution < -0.4 is 5.32 Å². The maximum Gasteiger partial charge on any atom is 0.254 e. The lowest BCUT2D eigenvalue weighted by Gasteiger charge is -2.22. The first-order valence-electron chi connectivity index (χ1n) is 14.0. The molecule has 0 saturated carbocycles. The van der Waals surface area contributed by atoms with Gasteiger partial charge in [-0.05, 0) is 48.7 Å². The second kappa shape index (κ2) is 12.9. The minimum atomic E-state index is -0.275. The van der Waals surface area contributed by atoms with Crippen molar-refractivity contribution in [2.24, 2.45) is 0 Å². The highest BCUT2D eigenvalue weighted by molar-refractivity contribution is 5.99. The van der Waals surface area contributed by atoms with E-state index in [-0.39, 0.29) is 18.4 Å². The van der Waals surface area contributed by atoms with Crippen LogP contribution in [-0.2, 0) is 4.79 Å². The third-order valence-electron chi connectivity index (χ3n) is 6.97. The Balaban J connectivity index is 1.36. The molecule has 5 rings (SSSR count). The molecule has 0 aliphatic rings. The summed E-state index contributed by atoms with van der Waals surface area (Å²) in [7, 11) is 0. The van der Waals surface area contributed by atoms with Gasteiger partial charge in [0, 0.05) is 23.7 Å². The van der Waals surface area contributed by atoms with E-state index < -0.39 is 0 Å². The minimum Gasteiger partial charge on any atom is -0.329 e. The number of amides is 2. The molecule has 206 valence electrons. The number of anilines is 1. The van der Waals surface area contributed by atoms with Crippen LogP contribution >= 0.6 is 0 Å². The molecule has 1 N–H and O–H groups in total. The molecule has 2 amide bonds. The molecule has 5 aromatic rings. The lowest BCUT2D eigenvalue weighted by Crippen LogP contribution is -2.39. The summed E-state index contributed by atoms with van der Waals surface area (Å²) in [6.07, 6.45) is 1.72. The summed E-state index contributed by atoms with van der Waals surface area (Å²) in [5, 5.41) is 7.82. The fourth-order valence-electron chi connectivity index (χ4n) is 4.68. The molecule has 6 nitrogen and oxygen atoms in total. The number of hydrogen-bond acceptors (Lipinski definition) is 3. The van der Waals surface area contributed by atoms with Crippen LogP contribution in [-0.4, -0.2) is 39.6 Å². The van der Waals surface area contributed by atoms with E-state index in [2.05, 4.69) is 12.2 Å². The molecule has 0 radical (unpaired) electrons. The van der Waals surface area contributed by atoms with Crippen LogP contribution in [0.15, 0.2) is 115 Å². The summed E-state index contributed by atoms with van der Waals surface area (Å²) in [4.78, 5) is 28.5. The first kappa shape index (κ1) is 27.6. The Morgan fingerprint density at radius 3 is 2.02 bits per heavy atom. The molecule has 0 bridgehead atoms. The van der Waals surface area contributed by atoms with Gasteiger partial charge in [0.15, 0.2) is 0 Å². The number of aryl methyl sites for hydroxylation is 1. The van der Waals surface area contributed by atoms with Gasteiger partial charge >= 0.3 is 0 Å². The van der Waals surface area contributed by atoms with E-state index >= 15 is 0 Å². The molecule has 6 heteroatoms. The van der Waals surface area contributed by atoms with Gasteiger partial charge in [0.2, 0.25) is 5.91 Å². The first-order chi connectivity index (χ1) is 20.0. The van der Waals surface area contributed by atoms with E-state index in [9.17, 15) is 9.59 Å². The average Bonchev–Trinajstić information content (AvgIpc) is 3.43. The standard InChI is InChI=1S/C35H34N4O2/c1-3-4-23-38(35(41)30-19-17-28(18-20-30)27-11-7-5-8-12-27)25-34(40)36-33-24-32(29-13-9-6-10-14-29)37-39(33)31-21-15-26(2)16-22-31/h5-22,24H,3-4,23,25H2,1-2H3,(H,36,40). The normalized spacial score (nSPS) is 10.8. The predicted molar refractivity (Wildman–Crippen MR) is 165 cm³/mol. The number of aromatic nitrogens is 2. The van der Waals surface area contributed by atoms with Gasteiger partial charge in [-0.25, -0.2) is 4.68 Å². The maximum atomic E-state index is 13.5. The van der Waals surface area contributed by atoms with Crippen molar-refractivity contribution in [3.05, 3.63) is 126 Å². The van der Waals surface area contributed by atoms with Gasteiger partial charge in [-0.3, -0.25) is 9.59 Å². The molecular weight excluding hydrogens is 508 g/mol. The lowest BCUT2D eigenvalue weighted by molar-refractivity contribution is -0.117. The van der Waals surface area contributed by atoms with Gasteiger partial charge in [0.1, 0.15) is 12.4 Å². The minimum absolute atomic E-state index is 0.0565. The van der Waals surface area contributed by atoms with E-state index in [1.807, 2.05) is 122 Å². The Morgan fingerprint density at radius 2 is 1.39 bits per heavy atom. The van der Waals surface area contributed by atoms with Crippen molar-refractivity contribution in [1.82, 2.24) is 14.7 Å². The fraction of sp³-hybridized carbons (Fsp3) is 0.171. The number of hydrogen-bond donors (Lipinski definition) is 1. The molecule has 0 aliphatic carbocycles. The molecule has 0 saturated heterocycles. The van der Waals surface area contributed by atoms with E-state index in [0.717, 1.165) is 46.5 Å². The molecule has 0 unspecified atom stereocenters. The Hall–Kier alpha value is -4.97. The Labute approximate surface area is 241 Å². The van der Waals surface area contributed by atoms with Crippen molar-refractivity contribution in [3.63, 3.8) is 0 Å². The van der Waals surface area contributed by atoms with Gasteiger partial charge in [0.05, 0.1) is 11.4 Å². The number of benzene rings is 4. The molecule has 41 heavy (non-hydrogen) atoms. The van der Waals surface area contributed by atoms with Gasteiger partial charge in [-0.1, -0.05) is 104 Å². The predicted octanol–water partition coefficient (Wildman–Crippen LogP) is 7.40. The maximum absolute atomic E-state index is 13.5. The summed E-state index contributed by atoms with van der Waals surface area (Å²) in [6.45, 7) is 4.54. The average molecular weight is 543 g/mol. The fourth-order valence-corrected chi connectivity index (χ4v) is 4.68. The molecule has 4 aromatic carbocycles. The monoisotopic (exact) mass is 542 g/mol. The third-order valence-corrected chi connectivity index (χ3v) is 6.97. The van der Waals surface area contributed by atoms with Crippen molar-refractivity contribution < 1.29 is 9.59 Å². The van der Waals surface area contributed by atoms with Crippen molar-refractivity contribution in [2.75, 3.05) is 18.4 Å². The molecule has 0 spiro atoms. The van der Waals surface area contributed by atoms with E-state index in [1.165, 1.54) is 0 Å². The van der Waals surface area contributed by atoms with Gasteiger partial charge in [-0.15, -0.1) is 0 Å². The van der Waals surface area contributed by atoms with Crippen LogP contribution in [0.5, 0.6) is 0 Å². The smallest absolute Gasteiger partial charge is 0.254 e. The van der Waals surface area contributed by atoms with Crippen LogP contribution in [0.1, 0.15) is 35.7 Å². The van der Waals surface area contributed by atoms with Crippen molar-refractivity contribution >= 4 is 17.6 Å². The molecule has 1 heterocycles. The van der Waals surface area contributed by atoms with Crippen LogP contribution in [0.4, 0.5) is 5.82 Å². The van der Waals surface area contributed by atoms with Gasteiger partial charge in [-0.2, -0.15) is 5.10 Å². The van der Waals surface area contributed by atoms with E-state index in [1.54, 1.807) is 9.58 Å². The largest absolute Gasteiger partial charge is 0.329 e. The highest BCUT2D eigenvalue weighted by Gasteiger charge is 2.21. The summed E-state index contributed by atoms with van der Waals surface area (Å²) < 4.78 is 1.74. The van der Waals surface area contributed by atoms with E-state index in [4.69, 9.17) is 5.10 Å². The highest BCUT2D eigenvalue weighted by atomic mass is 16.2. The molecule has 1 aromatic heterocycles. The van der Waals surface area contributed by atoms with Gasteiger partial charge < -0.3 is 10.2 Å². The zero-order valence-electron chi connectivity index (χ0n) is 23.5. The molecule has 0 fully saturated rings. The number of rotatable bonds is 10. The second-order valence-corrected chi connectivity index (χ2v) is 10.1. The number of carbonyl (C=O) groups excluding carboxylic acids is 2. The number of unbranched alkanes of at least 4 members (excludes halogenated alkanes) is 1. The molecular formula is C35H34N4O2. The Kier molecular flexibility index (Phi) is 8.70. The number of carbonyl (C=O) groups is 2. The zero-order chi connectivity index (χ0) is 28.6. The van der Waals surface area contributed by atoms with E-state index in [0.29, 0.717) is 17.9 Å². The molecule has 0 atom stereocenters. The summed E-state index contributed by atoms with van der Waals surface area (Å²) in [6, 6.07) is 37.3. The van der Waals surface area contributed by atoms with Crippen LogP contribution in [0.25, 0.3) is 28.1 Å². The number of nitrogens with one attached hydrogen (secondary N) is 1. The van der Waals surface area contributed by atoms with Crippen molar-refractivity contribution in [3.8, 4) is 28.1 Å². The summed E-state index contributed by atoms with van der Waals surface area (Å²) in [5.41, 5.74) is 6.37. The quantitative estimate of drug-likeness (QED) is 0.200. The van der Waals surface area contributed by atoms with Gasteiger partial charge in [0.25, 0.3) is 5.91 Å². The van der Waals surface area contributed by atoms with Crippen molar-refractivity contribution in [1.29, 1.82) is 0 Å². The first-order valence-corrected chi connectivity index (χ1v) is 14.0. The highest BCUT2D eigenvalue weighted by Crippen LogP contribution is 2.25. The van der Waals surface area contributed by atoms with Crippen LogP contribution in [0.2, 0.25) is 0 Å². The third kappa shape index (κ3) is 6.79. The van der Waals surface area contributed by atoms with Crippen LogP contribution in [0.3, 0.4) is 0 Å². The summed E-state index contributed by atoms with van der Waals surface area (Å²) >= 11 is 0. The SMILES string of the molecule is CCCCN(CC(=O)Nc1cc(-c2ccccc2)nn1-c1ccc(C)cc1)C(=O)c1ccc(-c2ccccc2)cc1. The van der Waals surface area contributed by atoms with Crippen LogP contribution in [0, 0.1) is 6.92 Å². The lowest BCUT2D eigenvalue weighted by atomic mass is 10.0. The number of nitrogens with zero attached hydrogens (tertiary/aromatic N) is 3. The zero-order valence-corrected chi connectivity index (χ0v) is 23.5. The Morgan fingerprint density at radius 1 is 0.780 bits per heavy atom. The topological polar surface area (TPSA) is 67.2 Å². The summed E-state index contributed by atoms with van der Waals surface area (Å²) in [5.74, 6) is 0.112. The molecule has 0 aliphatic heterocycles. The van der Waals surface area contributed by atoms with Crippen molar-refractivity contribution in [2.45, 2.75) is 26.7 Å². The second-order valence-electron chi connectivity index (χ2n) is 10.1.